The topological polar surface area (TPSA) is 138 Å². The van der Waals surface area contributed by atoms with Crippen LogP contribution in [-0.2, 0) is 19.6 Å². The second-order valence-corrected chi connectivity index (χ2v) is 6.35. The Labute approximate surface area is 149 Å². The van der Waals surface area contributed by atoms with E-state index in [1.807, 2.05) is 0 Å². The number of anilines is 1. The number of amides is 1. The van der Waals surface area contributed by atoms with Crippen molar-refractivity contribution in [2.75, 3.05) is 11.9 Å². The number of hydrogen-bond donors (Lipinski definition) is 2. The number of esters is 1. The molecule has 0 saturated carbocycles. The van der Waals surface area contributed by atoms with Crippen LogP contribution in [0.4, 0.5) is 18.9 Å². The van der Waals surface area contributed by atoms with Gasteiger partial charge in [0.15, 0.2) is 6.61 Å². The molecular formula is C14H11F3N2O7S. The van der Waals surface area contributed by atoms with Gasteiger partial charge in [-0.25, -0.2) is 18.4 Å². The summed E-state index contributed by atoms with van der Waals surface area (Å²) in [6.07, 6.45) is -4.84. The third-order valence-corrected chi connectivity index (χ3v) is 3.55. The Morgan fingerprint density at radius 2 is 1.74 bits per heavy atom. The van der Waals surface area contributed by atoms with E-state index >= 15 is 0 Å². The van der Waals surface area contributed by atoms with Crippen molar-refractivity contribution in [1.82, 2.24) is 0 Å². The molecule has 1 aromatic carbocycles. The van der Waals surface area contributed by atoms with Crippen LogP contribution in [0.15, 0.2) is 45.9 Å². The minimum absolute atomic E-state index is 0.125. The van der Waals surface area contributed by atoms with Crippen molar-refractivity contribution in [1.29, 1.82) is 0 Å². The number of primary sulfonamides is 1. The largest absolute Gasteiger partial charge is 0.573 e. The third-order valence-electron chi connectivity index (χ3n) is 2.77. The van der Waals surface area contributed by atoms with Crippen molar-refractivity contribution in [3.05, 3.63) is 42.2 Å². The molecule has 0 fully saturated rings. The van der Waals surface area contributed by atoms with Gasteiger partial charge in [0, 0.05) is 5.69 Å². The standard InChI is InChI=1S/C14H11F3N2O7S/c15-14(16,17)26-9-3-1-8(2-4-9)19-11(20)7-24-13(21)10-5-6-12(25-10)27(18,22)23/h1-6H,7H2,(H,19,20)(H2,18,22,23). The van der Waals surface area contributed by atoms with Gasteiger partial charge >= 0.3 is 12.3 Å². The molecule has 0 unspecified atom stereocenters. The molecule has 27 heavy (non-hydrogen) atoms. The molecule has 3 N–H and O–H groups in total. The zero-order valence-corrected chi connectivity index (χ0v) is 14.0. The Kier molecular flexibility index (Phi) is 5.75. The average Bonchev–Trinajstić information content (AvgIpc) is 3.03. The molecule has 1 heterocycles. The van der Waals surface area contributed by atoms with E-state index in [4.69, 9.17) is 5.14 Å². The molecule has 0 aliphatic heterocycles. The third kappa shape index (κ3) is 6.31. The number of alkyl halides is 3. The molecule has 0 aliphatic carbocycles. The maximum absolute atomic E-state index is 12.0. The predicted octanol–water partition coefficient (Wildman–Crippen LogP) is 1.62. The predicted molar refractivity (Wildman–Crippen MR) is 82.1 cm³/mol. The highest BCUT2D eigenvalue weighted by Crippen LogP contribution is 2.23. The summed E-state index contributed by atoms with van der Waals surface area (Å²) in [6, 6.07) is 6.19. The molecule has 0 bridgehead atoms. The van der Waals surface area contributed by atoms with Crippen molar-refractivity contribution >= 4 is 27.6 Å². The van der Waals surface area contributed by atoms with E-state index in [1.54, 1.807) is 0 Å². The zero-order valence-electron chi connectivity index (χ0n) is 13.1. The highest BCUT2D eigenvalue weighted by molar-refractivity contribution is 7.89. The van der Waals surface area contributed by atoms with Gasteiger partial charge in [0.2, 0.25) is 10.9 Å². The van der Waals surface area contributed by atoms with E-state index in [0.717, 1.165) is 36.4 Å². The van der Waals surface area contributed by atoms with Gasteiger partial charge in [0.1, 0.15) is 5.75 Å². The fourth-order valence-electron chi connectivity index (χ4n) is 1.72. The van der Waals surface area contributed by atoms with Gasteiger partial charge in [-0.1, -0.05) is 0 Å². The lowest BCUT2D eigenvalue weighted by molar-refractivity contribution is -0.274. The van der Waals surface area contributed by atoms with Gasteiger partial charge in [-0.3, -0.25) is 4.79 Å². The number of nitrogens with two attached hydrogens (primary N) is 1. The normalized spacial score (nSPS) is 11.7. The van der Waals surface area contributed by atoms with Gasteiger partial charge in [0.25, 0.3) is 15.9 Å². The van der Waals surface area contributed by atoms with Crippen LogP contribution in [-0.4, -0.2) is 33.3 Å². The van der Waals surface area contributed by atoms with E-state index in [1.165, 1.54) is 0 Å². The van der Waals surface area contributed by atoms with E-state index in [0.29, 0.717) is 0 Å². The summed E-state index contributed by atoms with van der Waals surface area (Å²) in [4.78, 5) is 23.3. The molecule has 2 rings (SSSR count). The van der Waals surface area contributed by atoms with Crippen molar-refractivity contribution in [3.8, 4) is 5.75 Å². The van der Waals surface area contributed by atoms with Crippen LogP contribution < -0.4 is 15.2 Å². The summed E-state index contributed by atoms with van der Waals surface area (Å²) in [5.74, 6) is -2.88. The molecule has 1 aromatic heterocycles. The SMILES string of the molecule is NS(=O)(=O)c1ccc(C(=O)OCC(=O)Nc2ccc(OC(F)(F)F)cc2)o1. The van der Waals surface area contributed by atoms with Crippen molar-refractivity contribution < 1.29 is 45.1 Å². The summed E-state index contributed by atoms with van der Waals surface area (Å²) < 4.78 is 71.2. The Hall–Kier alpha value is -3.06. The van der Waals surface area contributed by atoms with Crippen LogP contribution in [0.25, 0.3) is 0 Å². The number of halogens is 3. The van der Waals surface area contributed by atoms with Gasteiger partial charge in [-0.2, -0.15) is 0 Å². The van der Waals surface area contributed by atoms with Gasteiger partial charge in [0.05, 0.1) is 0 Å². The summed E-state index contributed by atoms with van der Waals surface area (Å²) in [6.45, 7) is -0.759. The van der Waals surface area contributed by atoms with Gasteiger partial charge in [-0.15, -0.1) is 13.2 Å². The minimum atomic E-state index is -4.84. The number of nitrogens with one attached hydrogen (secondary N) is 1. The molecule has 0 saturated heterocycles. The van der Waals surface area contributed by atoms with Crippen LogP contribution in [0.5, 0.6) is 5.75 Å². The molecule has 13 heteroatoms. The quantitative estimate of drug-likeness (QED) is 0.693. The summed E-state index contributed by atoms with van der Waals surface area (Å²) >= 11 is 0. The lowest BCUT2D eigenvalue weighted by Crippen LogP contribution is -2.21. The number of benzene rings is 1. The second-order valence-electron chi connectivity index (χ2n) is 4.86. The van der Waals surface area contributed by atoms with E-state index in [2.05, 4.69) is 19.2 Å². The highest BCUT2D eigenvalue weighted by atomic mass is 32.2. The first kappa shape index (κ1) is 20.3. The van der Waals surface area contributed by atoms with Crippen LogP contribution in [0, 0.1) is 0 Å². The van der Waals surface area contributed by atoms with Crippen LogP contribution >= 0.6 is 0 Å². The van der Waals surface area contributed by atoms with Crippen molar-refractivity contribution in [2.45, 2.75) is 11.5 Å². The van der Waals surface area contributed by atoms with Gasteiger partial charge in [-0.05, 0) is 36.4 Å². The molecule has 0 aliphatic rings. The molecule has 0 radical (unpaired) electrons. The zero-order chi connectivity index (χ0) is 20.2. The number of carbonyl (C=O) groups excluding carboxylic acids is 2. The van der Waals surface area contributed by atoms with E-state index < -0.39 is 51.5 Å². The van der Waals surface area contributed by atoms with E-state index in [-0.39, 0.29) is 5.69 Å². The maximum atomic E-state index is 12.0. The first-order valence-electron chi connectivity index (χ1n) is 6.89. The maximum Gasteiger partial charge on any atom is 0.573 e. The first-order chi connectivity index (χ1) is 12.4. The summed E-state index contributed by atoms with van der Waals surface area (Å²) in [5.41, 5.74) is 0.125. The highest BCUT2D eigenvalue weighted by Gasteiger charge is 2.31. The number of rotatable bonds is 6. The summed E-state index contributed by atoms with van der Waals surface area (Å²) in [5, 5.41) is 6.43. The van der Waals surface area contributed by atoms with Crippen molar-refractivity contribution in [2.24, 2.45) is 5.14 Å². The van der Waals surface area contributed by atoms with Gasteiger partial charge < -0.3 is 19.2 Å². The monoisotopic (exact) mass is 408 g/mol. The fraction of sp³-hybridized carbons (Fsp3) is 0.143. The molecule has 2 aromatic rings. The number of hydrogen-bond acceptors (Lipinski definition) is 7. The molecule has 0 atom stereocenters. The van der Waals surface area contributed by atoms with Crippen LogP contribution in [0.3, 0.4) is 0 Å². The van der Waals surface area contributed by atoms with E-state index in [9.17, 15) is 31.2 Å². The lowest BCUT2D eigenvalue weighted by Gasteiger charge is -2.10. The molecule has 0 spiro atoms. The Morgan fingerprint density at radius 1 is 1.11 bits per heavy atom. The lowest BCUT2D eigenvalue weighted by atomic mass is 10.3. The van der Waals surface area contributed by atoms with Crippen molar-refractivity contribution in [3.63, 3.8) is 0 Å². The number of furan rings is 1. The smallest absolute Gasteiger partial charge is 0.450 e. The van der Waals surface area contributed by atoms with Crippen LogP contribution in [0.2, 0.25) is 0 Å². The molecule has 146 valence electrons. The Bertz CT molecular complexity index is 936. The Morgan fingerprint density at radius 3 is 2.26 bits per heavy atom. The minimum Gasteiger partial charge on any atom is -0.450 e. The summed E-state index contributed by atoms with van der Waals surface area (Å²) in [7, 11) is -4.14. The first-order valence-corrected chi connectivity index (χ1v) is 8.44. The van der Waals surface area contributed by atoms with Crippen LogP contribution in [0.1, 0.15) is 10.6 Å². The molecule has 1 amide bonds. The second kappa shape index (κ2) is 7.67. The number of carbonyl (C=O) groups is 2. The fourth-order valence-corrected chi connectivity index (χ4v) is 2.19. The number of ether oxygens (including phenoxy) is 2. The Balaban J connectivity index is 1.87. The molecular weight excluding hydrogens is 397 g/mol. The number of sulfonamides is 1. The molecule has 9 nitrogen and oxygen atoms in total. The average molecular weight is 408 g/mol.